The molecule has 1 aromatic heterocycles. The van der Waals surface area contributed by atoms with Gasteiger partial charge in [0.1, 0.15) is 16.5 Å². The van der Waals surface area contributed by atoms with Crippen molar-refractivity contribution in [1.82, 2.24) is 4.98 Å². The van der Waals surface area contributed by atoms with Gasteiger partial charge in [-0.2, -0.15) is 0 Å². The normalized spacial score (nSPS) is 10.3. The summed E-state index contributed by atoms with van der Waals surface area (Å²) in [6, 6.07) is 8.79. The molecule has 0 atom stereocenters. The predicted octanol–water partition coefficient (Wildman–Crippen LogP) is 3.64. The van der Waals surface area contributed by atoms with Gasteiger partial charge in [0.25, 0.3) is 0 Å². The molecule has 2 N–H and O–H groups in total. The third kappa shape index (κ3) is 2.88. The lowest BCUT2D eigenvalue weighted by Gasteiger charge is -2.08. The summed E-state index contributed by atoms with van der Waals surface area (Å²) in [5, 5.41) is 0.841. The van der Waals surface area contributed by atoms with Crippen LogP contribution in [0.2, 0.25) is 10.0 Å². The van der Waals surface area contributed by atoms with Crippen LogP contribution in [0.15, 0.2) is 36.5 Å². The van der Waals surface area contributed by atoms with Crippen molar-refractivity contribution in [1.29, 1.82) is 0 Å². The molecule has 0 aliphatic rings. The number of pyridine rings is 1. The molecule has 88 valence electrons. The van der Waals surface area contributed by atoms with Crippen LogP contribution in [0.4, 0.5) is 0 Å². The second-order valence-electron chi connectivity index (χ2n) is 3.34. The van der Waals surface area contributed by atoms with E-state index in [1.165, 1.54) is 0 Å². The summed E-state index contributed by atoms with van der Waals surface area (Å²) >= 11 is 11.9. The Labute approximate surface area is 109 Å². The highest BCUT2D eigenvalue weighted by atomic mass is 35.5. The van der Waals surface area contributed by atoms with E-state index in [0.29, 0.717) is 28.1 Å². The van der Waals surface area contributed by atoms with Crippen LogP contribution in [0.1, 0.15) is 5.69 Å². The molecule has 0 fully saturated rings. The van der Waals surface area contributed by atoms with E-state index in [0.717, 1.165) is 5.69 Å². The maximum atomic E-state index is 6.00. The molecule has 5 heteroatoms. The monoisotopic (exact) mass is 268 g/mol. The van der Waals surface area contributed by atoms with Crippen molar-refractivity contribution >= 4 is 23.2 Å². The van der Waals surface area contributed by atoms with Crippen LogP contribution in [0.25, 0.3) is 0 Å². The van der Waals surface area contributed by atoms with Gasteiger partial charge in [-0.05, 0) is 24.3 Å². The highest BCUT2D eigenvalue weighted by Crippen LogP contribution is 2.34. The zero-order valence-corrected chi connectivity index (χ0v) is 10.4. The van der Waals surface area contributed by atoms with Gasteiger partial charge in [0, 0.05) is 6.54 Å². The van der Waals surface area contributed by atoms with Gasteiger partial charge in [-0.1, -0.05) is 29.3 Å². The second-order valence-corrected chi connectivity index (χ2v) is 4.13. The van der Waals surface area contributed by atoms with Crippen LogP contribution in [-0.2, 0) is 6.54 Å². The fraction of sp³-hybridized carbons (Fsp3) is 0.0833. The minimum absolute atomic E-state index is 0.386. The molecule has 0 spiro atoms. The summed E-state index contributed by atoms with van der Waals surface area (Å²) < 4.78 is 5.57. The Bertz CT molecular complexity index is 514. The number of halogens is 2. The Morgan fingerprint density at radius 2 is 2.00 bits per heavy atom. The van der Waals surface area contributed by atoms with Crippen molar-refractivity contribution < 1.29 is 4.74 Å². The van der Waals surface area contributed by atoms with Gasteiger partial charge in [-0.3, -0.25) is 4.98 Å². The van der Waals surface area contributed by atoms with E-state index in [1.807, 2.05) is 0 Å². The summed E-state index contributed by atoms with van der Waals surface area (Å²) in [4.78, 5) is 4.12. The Morgan fingerprint density at radius 3 is 2.65 bits per heavy atom. The van der Waals surface area contributed by atoms with E-state index in [2.05, 4.69) is 4.98 Å². The zero-order valence-electron chi connectivity index (χ0n) is 8.86. The number of ether oxygens (including phenoxy) is 1. The molecule has 17 heavy (non-hydrogen) atoms. The maximum Gasteiger partial charge on any atom is 0.147 e. The summed E-state index contributed by atoms with van der Waals surface area (Å²) in [5.41, 5.74) is 6.26. The lowest BCUT2D eigenvalue weighted by molar-refractivity contribution is 0.480. The number of benzene rings is 1. The third-order valence-corrected chi connectivity index (χ3v) is 2.95. The second kappa shape index (κ2) is 5.36. The zero-order chi connectivity index (χ0) is 12.3. The molecule has 0 saturated carbocycles. The molecule has 0 aliphatic carbocycles. The standard InChI is InChI=1S/C12H10Cl2N2O/c13-10-2-1-3-11(12(10)14)17-9-5-4-8(6-15)16-7-9/h1-5,7H,6,15H2. The molecular formula is C12H10Cl2N2O. The topological polar surface area (TPSA) is 48.1 Å². The van der Waals surface area contributed by atoms with Crippen molar-refractivity contribution in [3.8, 4) is 11.5 Å². The Morgan fingerprint density at radius 1 is 1.18 bits per heavy atom. The summed E-state index contributed by atoms with van der Waals surface area (Å²) in [6.45, 7) is 0.401. The summed E-state index contributed by atoms with van der Waals surface area (Å²) in [5.74, 6) is 1.09. The quantitative estimate of drug-likeness (QED) is 0.925. The molecule has 0 amide bonds. The largest absolute Gasteiger partial charge is 0.454 e. The Balaban J connectivity index is 2.22. The van der Waals surface area contributed by atoms with Crippen molar-refractivity contribution in [2.45, 2.75) is 6.54 Å². The number of nitrogens with two attached hydrogens (primary N) is 1. The van der Waals surface area contributed by atoms with Crippen molar-refractivity contribution in [2.75, 3.05) is 0 Å². The molecule has 0 radical (unpaired) electrons. The first kappa shape index (κ1) is 12.2. The van der Waals surface area contributed by atoms with E-state index < -0.39 is 0 Å². The first-order valence-corrected chi connectivity index (χ1v) is 5.73. The first-order chi connectivity index (χ1) is 8.20. The van der Waals surface area contributed by atoms with Crippen LogP contribution in [0.3, 0.4) is 0 Å². The third-order valence-electron chi connectivity index (χ3n) is 2.15. The average molecular weight is 269 g/mol. The molecule has 0 saturated heterocycles. The van der Waals surface area contributed by atoms with Gasteiger partial charge in [-0.25, -0.2) is 0 Å². The van der Waals surface area contributed by atoms with Gasteiger partial charge >= 0.3 is 0 Å². The van der Waals surface area contributed by atoms with E-state index in [1.54, 1.807) is 36.5 Å². The van der Waals surface area contributed by atoms with Crippen LogP contribution in [0, 0.1) is 0 Å². The lowest BCUT2D eigenvalue weighted by atomic mass is 10.3. The van der Waals surface area contributed by atoms with Crippen LogP contribution in [0.5, 0.6) is 11.5 Å². The van der Waals surface area contributed by atoms with Gasteiger partial charge in [0.15, 0.2) is 0 Å². The Kier molecular flexibility index (Phi) is 3.84. The van der Waals surface area contributed by atoms with Gasteiger partial charge in [0.2, 0.25) is 0 Å². The highest BCUT2D eigenvalue weighted by molar-refractivity contribution is 6.42. The van der Waals surface area contributed by atoms with Gasteiger partial charge in [-0.15, -0.1) is 0 Å². The molecule has 1 aromatic carbocycles. The first-order valence-electron chi connectivity index (χ1n) is 4.97. The fourth-order valence-electron chi connectivity index (χ4n) is 1.28. The van der Waals surface area contributed by atoms with Crippen molar-refractivity contribution in [3.63, 3.8) is 0 Å². The maximum absolute atomic E-state index is 6.00. The van der Waals surface area contributed by atoms with Crippen LogP contribution in [-0.4, -0.2) is 4.98 Å². The highest BCUT2D eigenvalue weighted by Gasteiger charge is 2.06. The molecule has 3 nitrogen and oxygen atoms in total. The number of hydrogen-bond acceptors (Lipinski definition) is 3. The minimum atomic E-state index is 0.386. The molecule has 0 bridgehead atoms. The molecule has 0 unspecified atom stereocenters. The molecule has 2 rings (SSSR count). The minimum Gasteiger partial charge on any atom is -0.454 e. The lowest BCUT2D eigenvalue weighted by Crippen LogP contribution is -1.98. The SMILES string of the molecule is NCc1ccc(Oc2cccc(Cl)c2Cl)cn1. The van der Waals surface area contributed by atoms with E-state index in [4.69, 9.17) is 33.7 Å². The van der Waals surface area contributed by atoms with E-state index in [9.17, 15) is 0 Å². The van der Waals surface area contributed by atoms with Gasteiger partial charge < -0.3 is 10.5 Å². The average Bonchev–Trinajstić information content (AvgIpc) is 2.36. The van der Waals surface area contributed by atoms with Crippen LogP contribution < -0.4 is 10.5 Å². The van der Waals surface area contributed by atoms with Crippen molar-refractivity contribution in [2.24, 2.45) is 5.73 Å². The summed E-state index contributed by atoms with van der Waals surface area (Å²) in [7, 11) is 0. The number of nitrogens with zero attached hydrogens (tertiary/aromatic N) is 1. The molecule has 0 aliphatic heterocycles. The predicted molar refractivity (Wildman–Crippen MR) is 68.7 cm³/mol. The summed E-state index contributed by atoms with van der Waals surface area (Å²) in [6.07, 6.45) is 1.60. The Hall–Kier alpha value is -1.29. The van der Waals surface area contributed by atoms with E-state index in [-0.39, 0.29) is 0 Å². The molecule has 1 heterocycles. The van der Waals surface area contributed by atoms with Crippen LogP contribution >= 0.6 is 23.2 Å². The van der Waals surface area contributed by atoms with Gasteiger partial charge in [0.05, 0.1) is 16.9 Å². The number of aromatic nitrogens is 1. The van der Waals surface area contributed by atoms with E-state index >= 15 is 0 Å². The smallest absolute Gasteiger partial charge is 0.147 e. The molecule has 2 aromatic rings. The molecular weight excluding hydrogens is 259 g/mol. The number of hydrogen-bond donors (Lipinski definition) is 1. The number of rotatable bonds is 3. The van der Waals surface area contributed by atoms with Crippen molar-refractivity contribution in [3.05, 3.63) is 52.3 Å². The fourth-order valence-corrected chi connectivity index (χ4v) is 1.61.